The summed E-state index contributed by atoms with van der Waals surface area (Å²) in [6, 6.07) is 12.8. The smallest absolute Gasteiger partial charge is 0.271 e. The Hall–Kier alpha value is -2.69. The zero-order valence-electron chi connectivity index (χ0n) is 15.8. The molecule has 0 aromatic heterocycles. The molecule has 1 heterocycles. The van der Waals surface area contributed by atoms with Crippen molar-refractivity contribution in [3.05, 3.63) is 63.7 Å². The number of hydrogen-bond acceptors (Lipinski definition) is 4. The Morgan fingerprint density at radius 3 is 2.77 bits per heavy atom. The number of rotatable bonds is 4. The summed E-state index contributed by atoms with van der Waals surface area (Å²) in [5.74, 6) is 0.481. The van der Waals surface area contributed by atoms with Gasteiger partial charge in [-0.2, -0.15) is 0 Å². The van der Waals surface area contributed by atoms with Crippen LogP contribution in [0.5, 0.6) is 0 Å². The highest BCUT2D eigenvalue weighted by Gasteiger charge is 2.35. The van der Waals surface area contributed by atoms with Crippen molar-refractivity contribution < 1.29 is 4.92 Å². The fraction of sp³-hybridized carbons (Fsp3) is 0.381. The summed E-state index contributed by atoms with van der Waals surface area (Å²) in [6.07, 6.45) is 2.89. The van der Waals surface area contributed by atoms with Gasteiger partial charge >= 0.3 is 0 Å². The van der Waals surface area contributed by atoms with Crippen molar-refractivity contribution in [1.82, 2.24) is 0 Å². The molecule has 0 amide bonds. The van der Waals surface area contributed by atoms with Crippen LogP contribution in [-0.4, -0.2) is 23.2 Å². The highest BCUT2D eigenvalue weighted by atomic mass is 16.6. The Kier molecular flexibility index (Phi) is 4.81. The number of non-ortho nitro benzene ring substituents is 1. The summed E-state index contributed by atoms with van der Waals surface area (Å²) in [7, 11) is 0. The monoisotopic (exact) mass is 351 g/mol. The van der Waals surface area contributed by atoms with E-state index in [4.69, 9.17) is 0 Å². The summed E-state index contributed by atoms with van der Waals surface area (Å²) in [6.45, 7) is 10.0. The maximum atomic E-state index is 10.9. The highest BCUT2D eigenvalue weighted by Crippen LogP contribution is 2.43. The molecule has 1 aliphatic heterocycles. The van der Waals surface area contributed by atoms with Gasteiger partial charge < -0.3 is 4.90 Å². The Bertz CT molecular complexity index is 858. The van der Waals surface area contributed by atoms with Gasteiger partial charge in [0.1, 0.15) is 0 Å². The molecule has 0 radical (unpaired) electrons. The van der Waals surface area contributed by atoms with Gasteiger partial charge in [-0.15, -0.1) is 0 Å². The molecule has 2 aromatic rings. The standard InChI is InChI=1S/C21H25N3O2/c1-5-23-20-10-9-16(11-19(20)15(2)13-21(23,3)4)14-22-17-7-6-8-18(12-17)24(25)26/h6-12,14-15H,5,13H2,1-4H3. The van der Waals surface area contributed by atoms with Gasteiger partial charge in [0.15, 0.2) is 0 Å². The van der Waals surface area contributed by atoms with Crippen LogP contribution in [-0.2, 0) is 0 Å². The van der Waals surface area contributed by atoms with Crippen molar-refractivity contribution in [2.45, 2.75) is 45.6 Å². The second kappa shape index (κ2) is 6.90. The molecular weight excluding hydrogens is 326 g/mol. The summed E-state index contributed by atoms with van der Waals surface area (Å²) in [5, 5.41) is 10.9. The van der Waals surface area contributed by atoms with Crippen LogP contribution >= 0.6 is 0 Å². The van der Waals surface area contributed by atoms with Crippen LogP contribution in [0.1, 0.15) is 51.2 Å². The maximum Gasteiger partial charge on any atom is 0.271 e. The lowest BCUT2D eigenvalue weighted by molar-refractivity contribution is -0.384. The number of benzene rings is 2. The fourth-order valence-electron chi connectivity index (χ4n) is 4.02. The molecule has 1 atom stereocenters. The minimum absolute atomic E-state index is 0.0551. The average molecular weight is 351 g/mol. The second-order valence-corrected chi connectivity index (χ2v) is 7.52. The van der Waals surface area contributed by atoms with Crippen molar-refractivity contribution in [1.29, 1.82) is 0 Å². The summed E-state index contributed by atoms with van der Waals surface area (Å²) >= 11 is 0. The number of nitro groups is 1. The van der Waals surface area contributed by atoms with E-state index in [0.717, 1.165) is 18.5 Å². The predicted octanol–water partition coefficient (Wildman–Crippen LogP) is 5.46. The van der Waals surface area contributed by atoms with Crippen LogP contribution in [0.15, 0.2) is 47.5 Å². The lowest BCUT2D eigenvalue weighted by Gasteiger charge is -2.47. The van der Waals surface area contributed by atoms with E-state index < -0.39 is 4.92 Å². The van der Waals surface area contributed by atoms with Gasteiger partial charge in [-0.3, -0.25) is 15.1 Å². The lowest BCUT2D eigenvalue weighted by atomic mass is 9.79. The molecule has 5 heteroatoms. The van der Waals surface area contributed by atoms with Crippen LogP contribution in [0.4, 0.5) is 17.1 Å². The topological polar surface area (TPSA) is 58.7 Å². The van der Waals surface area contributed by atoms with E-state index in [-0.39, 0.29) is 11.2 Å². The summed E-state index contributed by atoms with van der Waals surface area (Å²) in [5.41, 5.74) is 4.44. The van der Waals surface area contributed by atoms with Crippen molar-refractivity contribution in [3.63, 3.8) is 0 Å². The Morgan fingerprint density at radius 1 is 1.31 bits per heavy atom. The van der Waals surface area contributed by atoms with E-state index in [1.54, 1.807) is 18.3 Å². The molecule has 26 heavy (non-hydrogen) atoms. The molecule has 3 rings (SSSR count). The van der Waals surface area contributed by atoms with Gasteiger partial charge in [0.05, 0.1) is 10.6 Å². The van der Waals surface area contributed by atoms with Gasteiger partial charge in [0.2, 0.25) is 0 Å². The zero-order valence-corrected chi connectivity index (χ0v) is 15.8. The first kappa shape index (κ1) is 18.1. The summed E-state index contributed by atoms with van der Waals surface area (Å²) < 4.78 is 0. The number of fused-ring (bicyclic) bond motifs is 1. The molecule has 0 bridgehead atoms. The van der Waals surface area contributed by atoms with E-state index in [2.05, 4.69) is 55.8 Å². The minimum Gasteiger partial charge on any atom is -0.366 e. The summed E-state index contributed by atoms with van der Waals surface area (Å²) in [4.78, 5) is 17.4. The molecule has 0 N–H and O–H groups in total. The first-order valence-corrected chi connectivity index (χ1v) is 9.02. The molecule has 0 saturated carbocycles. The molecule has 1 aliphatic rings. The second-order valence-electron chi connectivity index (χ2n) is 7.52. The molecular formula is C21H25N3O2. The van der Waals surface area contributed by atoms with Crippen LogP contribution in [0.3, 0.4) is 0 Å². The number of anilines is 1. The molecule has 0 fully saturated rings. The first-order valence-electron chi connectivity index (χ1n) is 9.02. The molecule has 0 saturated heterocycles. The zero-order chi connectivity index (χ0) is 18.9. The number of hydrogen-bond donors (Lipinski definition) is 0. The van der Waals surface area contributed by atoms with Gasteiger partial charge in [-0.1, -0.05) is 19.1 Å². The van der Waals surface area contributed by atoms with E-state index in [1.807, 2.05) is 0 Å². The number of aliphatic imine (C=N–C) groups is 1. The normalized spacial score (nSPS) is 18.8. The average Bonchev–Trinajstić information content (AvgIpc) is 2.60. The Labute approximate surface area is 154 Å². The molecule has 2 aromatic carbocycles. The lowest BCUT2D eigenvalue weighted by Crippen LogP contribution is -2.48. The largest absolute Gasteiger partial charge is 0.366 e. The maximum absolute atomic E-state index is 10.9. The van der Waals surface area contributed by atoms with Crippen LogP contribution in [0.2, 0.25) is 0 Å². The minimum atomic E-state index is -0.402. The predicted molar refractivity (Wildman–Crippen MR) is 107 cm³/mol. The fourth-order valence-corrected chi connectivity index (χ4v) is 4.02. The molecule has 0 aliphatic carbocycles. The van der Waals surface area contributed by atoms with Gasteiger partial charge in [0, 0.05) is 36.1 Å². The molecule has 0 spiro atoms. The van der Waals surface area contributed by atoms with Crippen molar-refractivity contribution in [3.8, 4) is 0 Å². The molecule has 1 unspecified atom stereocenters. The van der Waals surface area contributed by atoms with Crippen molar-refractivity contribution >= 4 is 23.3 Å². The Balaban J connectivity index is 1.91. The third kappa shape index (κ3) is 3.47. The Morgan fingerprint density at radius 2 is 2.08 bits per heavy atom. The van der Waals surface area contributed by atoms with Crippen molar-refractivity contribution in [2.75, 3.05) is 11.4 Å². The third-order valence-electron chi connectivity index (χ3n) is 5.13. The van der Waals surface area contributed by atoms with Gasteiger partial charge in [0.25, 0.3) is 5.69 Å². The van der Waals surface area contributed by atoms with Gasteiger partial charge in [-0.25, -0.2) is 0 Å². The van der Waals surface area contributed by atoms with Gasteiger partial charge in [-0.05, 0) is 62.4 Å². The highest BCUT2D eigenvalue weighted by molar-refractivity contribution is 5.84. The van der Waals surface area contributed by atoms with E-state index in [9.17, 15) is 10.1 Å². The number of nitro benzene ring substituents is 1. The van der Waals surface area contributed by atoms with Crippen LogP contribution in [0, 0.1) is 10.1 Å². The van der Waals surface area contributed by atoms with Crippen LogP contribution in [0.25, 0.3) is 0 Å². The molecule has 136 valence electrons. The quantitative estimate of drug-likeness (QED) is 0.417. The van der Waals surface area contributed by atoms with Crippen molar-refractivity contribution in [2.24, 2.45) is 4.99 Å². The third-order valence-corrected chi connectivity index (χ3v) is 5.13. The van der Waals surface area contributed by atoms with E-state index in [1.165, 1.54) is 23.4 Å². The number of nitrogens with zero attached hydrogens (tertiary/aromatic N) is 3. The van der Waals surface area contributed by atoms with E-state index >= 15 is 0 Å². The van der Waals surface area contributed by atoms with Crippen LogP contribution < -0.4 is 4.90 Å². The first-order chi connectivity index (χ1) is 12.3. The van der Waals surface area contributed by atoms with E-state index in [0.29, 0.717) is 11.6 Å². The SMILES string of the molecule is CCN1c2ccc(C=Nc3cccc([N+](=O)[O-])c3)cc2C(C)CC1(C)C. The molecule has 5 nitrogen and oxygen atoms in total.